The van der Waals surface area contributed by atoms with Crippen molar-refractivity contribution in [1.82, 2.24) is 20.1 Å². The normalized spacial score (nSPS) is 26.5. The first-order valence-corrected chi connectivity index (χ1v) is 8.27. The highest BCUT2D eigenvalue weighted by atomic mass is 19.3. The molecule has 2 aliphatic rings. The van der Waals surface area contributed by atoms with Crippen LogP contribution in [-0.2, 0) is 11.3 Å². The number of nitrogens with one attached hydrogen (secondary N) is 1. The van der Waals surface area contributed by atoms with Crippen molar-refractivity contribution >= 4 is 11.6 Å². The van der Waals surface area contributed by atoms with E-state index in [0.29, 0.717) is 31.7 Å². The van der Waals surface area contributed by atoms with Crippen LogP contribution in [0.25, 0.3) is 0 Å². The lowest BCUT2D eigenvalue weighted by Gasteiger charge is -2.42. The van der Waals surface area contributed by atoms with Gasteiger partial charge in [-0.25, -0.2) is 8.78 Å². The molecule has 25 heavy (non-hydrogen) atoms. The number of alkyl halides is 2. The van der Waals surface area contributed by atoms with E-state index in [2.05, 4.69) is 15.2 Å². The Morgan fingerprint density at radius 2 is 2.16 bits per heavy atom. The summed E-state index contributed by atoms with van der Waals surface area (Å²) in [4.78, 5) is 20.3. The van der Waals surface area contributed by atoms with Crippen LogP contribution >= 0.6 is 0 Å². The van der Waals surface area contributed by atoms with Gasteiger partial charge in [-0.15, -0.1) is 0 Å². The zero-order valence-corrected chi connectivity index (χ0v) is 13.7. The van der Waals surface area contributed by atoms with Crippen molar-refractivity contribution in [2.45, 2.75) is 25.3 Å². The van der Waals surface area contributed by atoms with Crippen LogP contribution in [0.5, 0.6) is 0 Å². The second-order valence-electron chi connectivity index (χ2n) is 6.98. The average molecular weight is 347 g/mol. The standard InChI is InChI=1S/C17H19F2N5O/c18-17(19)10-16(11-23(12-17)9-13-6-21-22-7-13)3-5-24(15(16)25)14-2-1-4-20-8-14/h1-2,4,6-8H,3,5,9-12H2,(H,21,22)/t16-/m0/s1. The molecule has 2 aromatic rings. The van der Waals surface area contributed by atoms with Crippen LogP contribution in [-0.4, -0.2) is 51.5 Å². The van der Waals surface area contributed by atoms with Crippen LogP contribution in [0, 0.1) is 5.41 Å². The monoisotopic (exact) mass is 347 g/mol. The van der Waals surface area contributed by atoms with E-state index in [4.69, 9.17) is 0 Å². The highest BCUT2D eigenvalue weighted by molar-refractivity contribution is 6.00. The lowest BCUT2D eigenvalue weighted by Crippen LogP contribution is -2.55. The Morgan fingerprint density at radius 1 is 1.28 bits per heavy atom. The van der Waals surface area contributed by atoms with Gasteiger partial charge in [0.1, 0.15) is 0 Å². The number of rotatable bonds is 3. The molecule has 132 valence electrons. The fourth-order valence-electron chi connectivity index (χ4n) is 4.04. The van der Waals surface area contributed by atoms with E-state index < -0.39 is 17.8 Å². The number of H-pyrrole nitrogens is 1. The smallest absolute Gasteiger partial charge is 0.261 e. The summed E-state index contributed by atoms with van der Waals surface area (Å²) >= 11 is 0. The van der Waals surface area contributed by atoms with Crippen LogP contribution in [0.4, 0.5) is 14.5 Å². The fourth-order valence-corrected chi connectivity index (χ4v) is 4.04. The third kappa shape index (κ3) is 3.02. The molecule has 0 bridgehead atoms. The number of carbonyl (C=O) groups excluding carboxylic acids is 1. The number of aromatic amines is 1. The topological polar surface area (TPSA) is 65.1 Å². The van der Waals surface area contributed by atoms with Crippen molar-refractivity contribution in [3.05, 3.63) is 42.5 Å². The predicted molar refractivity (Wildman–Crippen MR) is 87.1 cm³/mol. The Kier molecular flexibility index (Phi) is 3.79. The third-order valence-corrected chi connectivity index (χ3v) is 5.01. The van der Waals surface area contributed by atoms with E-state index in [0.717, 1.165) is 5.56 Å². The van der Waals surface area contributed by atoms with Crippen LogP contribution in [0.1, 0.15) is 18.4 Å². The molecule has 4 heterocycles. The highest BCUT2D eigenvalue weighted by Gasteiger charge is 2.57. The number of pyridine rings is 1. The molecule has 0 unspecified atom stereocenters. The minimum Gasteiger partial charge on any atom is -0.310 e. The quantitative estimate of drug-likeness (QED) is 0.923. The maximum atomic E-state index is 14.4. The number of nitrogens with zero attached hydrogens (tertiary/aromatic N) is 4. The van der Waals surface area contributed by atoms with Gasteiger partial charge in [-0.05, 0) is 18.6 Å². The van der Waals surface area contributed by atoms with Gasteiger partial charge >= 0.3 is 0 Å². The minimum absolute atomic E-state index is 0.225. The molecule has 1 N–H and O–H groups in total. The molecule has 0 aliphatic carbocycles. The molecule has 2 fully saturated rings. The molecule has 1 atom stereocenters. The molecular formula is C17H19F2N5O. The number of hydrogen-bond donors (Lipinski definition) is 1. The minimum atomic E-state index is -2.89. The van der Waals surface area contributed by atoms with Crippen molar-refractivity contribution in [1.29, 1.82) is 0 Å². The summed E-state index contributed by atoms with van der Waals surface area (Å²) in [6, 6.07) is 3.53. The summed E-state index contributed by atoms with van der Waals surface area (Å²) < 4.78 is 28.9. The molecule has 2 aromatic heterocycles. The number of amides is 1. The molecule has 6 nitrogen and oxygen atoms in total. The Morgan fingerprint density at radius 3 is 2.88 bits per heavy atom. The van der Waals surface area contributed by atoms with E-state index in [-0.39, 0.29) is 12.5 Å². The number of likely N-dealkylation sites (tertiary alicyclic amines) is 1. The fraction of sp³-hybridized carbons (Fsp3) is 0.471. The number of hydrogen-bond acceptors (Lipinski definition) is 4. The lowest BCUT2D eigenvalue weighted by molar-refractivity contribution is -0.147. The van der Waals surface area contributed by atoms with Gasteiger partial charge in [0.25, 0.3) is 5.92 Å². The molecule has 0 saturated carbocycles. The van der Waals surface area contributed by atoms with Crippen molar-refractivity contribution in [3.63, 3.8) is 0 Å². The largest absolute Gasteiger partial charge is 0.310 e. The van der Waals surface area contributed by atoms with Gasteiger partial charge in [-0.2, -0.15) is 5.10 Å². The number of piperidine rings is 1. The van der Waals surface area contributed by atoms with E-state index in [1.807, 2.05) is 0 Å². The summed E-state index contributed by atoms with van der Waals surface area (Å²) in [5, 5.41) is 6.55. The summed E-state index contributed by atoms with van der Waals surface area (Å²) in [7, 11) is 0. The molecule has 2 aliphatic heterocycles. The van der Waals surface area contributed by atoms with Crippen molar-refractivity contribution in [2.24, 2.45) is 5.41 Å². The third-order valence-electron chi connectivity index (χ3n) is 5.01. The summed E-state index contributed by atoms with van der Waals surface area (Å²) in [5.41, 5.74) is 0.462. The molecule has 0 radical (unpaired) electrons. The van der Waals surface area contributed by atoms with Crippen LogP contribution in [0.15, 0.2) is 36.9 Å². The second kappa shape index (κ2) is 5.87. The molecule has 8 heteroatoms. The first kappa shape index (κ1) is 16.1. The van der Waals surface area contributed by atoms with Gasteiger partial charge in [0.15, 0.2) is 0 Å². The molecule has 2 saturated heterocycles. The summed E-state index contributed by atoms with van der Waals surface area (Å²) in [5.74, 6) is -3.11. The van der Waals surface area contributed by atoms with Gasteiger partial charge in [-0.3, -0.25) is 19.8 Å². The number of anilines is 1. The molecule has 1 amide bonds. The first-order chi connectivity index (χ1) is 12.0. The van der Waals surface area contributed by atoms with Gasteiger partial charge in [-0.1, -0.05) is 0 Å². The van der Waals surface area contributed by atoms with Crippen molar-refractivity contribution in [3.8, 4) is 0 Å². The van der Waals surface area contributed by atoms with E-state index in [9.17, 15) is 13.6 Å². The van der Waals surface area contributed by atoms with Gasteiger partial charge in [0, 0.05) is 44.0 Å². The van der Waals surface area contributed by atoms with E-state index in [1.54, 1.807) is 46.7 Å². The summed E-state index contributed by atoms with van der Waals surface area (Å²) in [6.07, 6.45) is 6.58. The summed E-state index contributed by atoms with van der Waals surface area (Å²) in [6.45, 7) is 0.803. The van der Waals surface area contributed by atoms with E-state index >= 15 is 0 Å². The van der Waals surface area contributed by atoms with Crippen LogP contribution in [0.3, 0.4) is 0 Å². The predicted octanol–water partition coefficient (Wildman–Crippen LogP) is 2.07. The van der Waals surface area contributed by atoms with Gasteiger partial charge in [0.2, 0.25) is 5.91 Å². The lowest BCUT2D eigenvalue weighted by atomic mass is 9.77. The van der Waals surface area contributed by atoms with Crippen LogP contribution in [0.2, 0.25) is 0 Å². The van der Waals surface area contributed by atoms with Gasteiger partial charge in [0.05, 0.1) is 30.0 Å². The van der Waals surface area contributed by atoms with Crippen LogP contribution < -0.4 is 4.90 Å². The second-order valence-corrected chi connectivity index (χ2v) is 6.98. The molecular weight excluding hydrogens is 328 g/mol. The number of carbonyl (C=O) groups is 1. The Balaban J connectivity index is 1.58. The van der Waals surface area contributed by atoms with Gasteiger partial charge < -0.3 is 4.90 Å². The zero-order chi connectivity index (χ0) is 17.5. The Labute approximate surface area is 143 Å². The highest BCUT2D eigenvalue weighted by Crippen LogP contribution is 2.46. The molecule has 0 aromatic carbocycles. The number of halogens is 2. The zero-order valence-electron chi connectivity index (χ0n) is 13.7. The van der Waals surface area contributed by atoms with Crippen molar-refractivity contribution < 1.29 is 13.6 Å². The average Bonchev–Trinajstić information content (AvgIpc) is 3.16. The Bertz CT molecular complexity index is 752. The molecule has 4 rings (SSSR count). The maximum absolute atomic E-state index is 14.4. The Hall–Kier alpha value is -2.35. The molecule has 1 spiro atoms. The number of aromatic nitrogens is 3. The van der Waals surface area contributed by atoms with Crippen molar-refractivity contribution in [2.75, 3.05) is 24.5 Å². The maximum Gasteiger partial charge on any atom is 0.261 e. The van der Waals surface area contributed by atoms with E-state index in [1.165, 1.54) is 0 Å². The SMILES string of the molecule is O=C1N(c2cccnc2)CC[C@]12CN(Cc1cn[nH]c1)CC(F)(F)C2. The first-order valence-electron chi connectivity index (χ1n) is 8.27.